The molecular weight excluding hydrogens is 392 g/mol. The van der Waals surface area contributed by atoms with Crippen LogP contribution in [0.3, 0.4) is 0 Å². The molecule has 1 aliphatic rings. The van der Waals surface area contributed by atoms with Gasteiger partial charge in [-0.3, -0.25) is 9.59 Å². The monoisotopic (exact) mass is 408 g/mol. The number of hydrogen-bond acceptors (Lipinski definition) is 4. The van der Waals surface area contributed by atoms with Crippen LogP contribution in [0.4, 0.5) is 11.4 Å². The molecule has 1 aromatic heterocycles. The molecule has 2 amide bonds. The smallest absolute Gasteiger partial charge is 0.282 e. The lowest BCUT2D eigenvalue weighted by Gasteiger charge is -2.15. The van der Waals surface area contributed by atoms with E-state index < -0.39 is 5.91 Å². The van der Waals surface area contributed by atoms with Gasteiger partial charge in [0.1, 0.15) is 5.70 Å². The highest BCUT2D eigenvalue weighted by Crippen LogP contribution is 2.36. The Labute approximate surface area is 172 Å². The maximum Gasteiger partial charge on any atom is 0.282 e. The van der Waals surface area contributed by atoms with E-state index in [0.717, 1.165) is 21.7 Å². The first-order valence-electron chi connectivity index (χ1n) is 8.72. The molecule has 2 heterocycles. The molecule has 28 heavy (non-hydrogen) atoms. The van der Waals surface area contributed by atoms with Gasteiger partial charge in [0.2, 0.25) is 0 Å². The second kappa shape index (κ2) is 7.26. The van der Waals surface area contributed by atoms with Crippen LogP contribution in [0, 0.1) is 13.8 Å². The van der Waals surface area contributed by atoms with E-state index in [1.54, 1.807) is 24.3 Å². The molecule has 140 valence electrons. The fourth-order valence-corrected chi connectivity index (χ4v) is 4.06. The van der Waals surface area contributed by atoms with Gasteiger partial charge in [0.25, 0.3) is 11.8 Å². The van der Waals surface area contributed by atoms with E-state index in [2.05, 4.69) is 5.32 Å². The predicted molar refractivity (Wildman–Crippen MR) is 115 cm³/mol. The Morgan fingerprint density at radius 3 is 2.43 bits per heavy atom. The van der Waals surface area contributed by atoms with Gasteiger partial charge in [0.05, 0.1) is 11.3 Å². The third-order valence-corrected chi connectivity index (χ3v) is 5.82. The molecule has 0 unspecified atom stereocenters. The highest BCUT2D eigenvalue weighted by Gasteiger charge is 2.40. The molecule has 4 nitrogen and oxygen atoms in total. The van der Waals surface area contributed by atoms with Gasteiger partial charge in [-0.25, -0.2) is 4.90 Å². The van der Waals surface area contributed by atoms with Crippen LogP contribution in [0.5, 0.6) is 0 Å². The molecular formula is C22H17ClN2O2S. The van der Waals surface area contributed by atoms with Crippen LogP contribution in [0.25, 0.3) is 5.57 Å². The number of halogens is 1. The second-order valence-corrected chi connectivity index (χ2v) is 7.96. The molecule has 0 fully saturated rings. The SMILES string of the molecule is Cc1ccc(NC2=C(c3cccs3)C(=O)N(c3cccc(Cl)c3)C2=O)cc1C. The first-order valence-corrected chi connectivity index (χ1v) is 9.98. The molecule has 0 saturated heterocycles. The minimum absolute atomic E-state index is 0.274. The Morgan fingerprint density at radius 2 is 1.75 bits per heavy atom. The number of benzene rings is 2. The van der Waals surface area contributed by atoms with E-state index in [1.807, 2.05) is 49.6 Å². The van der Waals surface area contributed by atoms with Crippen molar-refractivity contribution >= 4 is 51.7 Å². The number of carbonyl (C=O) groups excluding carboxylic acids is 2. The molecule has 0 radical (unpaired) electrons. The summed E-state index contributed by atoms with van der Waals surface area (Å²) in [4.78, 5) is 28.4. The molecule has 0 bridgehead atoms. The average Bonchev–Trinajstić information content (AvgIpc) is 3.25. The van der Waals surface area contributed by atoms with Crippen LogP contribution in [-0.2, 0) is 9.59 Å². The number of imide groups is 1. The lowest BCUT2D eigenvalue weighted by atomic mass is 10.1. The van der Waals surface area contributed by atoms with E-state index in [0.29, 0.717) is 16.3 Å². The fraction of sp³-hybridized carbons (Fsp3) is 0.0909. The summed E-state index contributed by atoms with van der Waals surface area (Å²) in [6.45, 7) is 4.04. The zero-order valence-electron chi connectivity index (χ0n) is 15.3. The van der Waals surface area contributed by atoms with Crippen molar-refractivity contribution in [3.8, 4) is 0 Å². The number of thiophene rings is 1. The van der Waals surface area contributed by atoms with Crippen molar-refractivity contribution in [1.82, 2.24) is 0 Å². The van der Waals surface area contributed by atoms with E-state index in [-0.39, 0.29) is 11.6 Å². The molecule has 6 heteroatoms. The molecule has 4 rings (SSSR count). The van der Waals surface area contributed by atoms with Crippen molar-refractivity contribution in [3.63, 3.8) is 0 Å². The third kappa shape index (κ3) is 3.23. The number of anilines is 2. The number of amides is 2. The Kier molecular flexibility index (Phi) is 4.79. The number of nitrogens with zero attached hydrogens (tertiary/aromatic N) is 1. The summed E-state index contributed by atoms with van der Waals surface area (Å²) in [5.41, 5.74) is 4.13. The van der Waals surface area contributed by atoms with E-state index >= 15 is 0 Å². The van der Waals surface area contributed by atoms with Crippen LogP contribution >= 0.6 is 22.9 Å². The van der Waals surface area contributed by atoms with Crippen molar-refractivity contribution in [1.29, 1.82) is 0 Å². The maximum absolute atomic E-state index is 13.2. The predicted octanol–water partition coefficient (Wildman–Crippen LogP) is 5.41. The van der Waals surface area contributed by atoms with Gasteiger partial charge in [0.15, 0.2) is 0 Å². The van der Waals surface area contributed by atoms with Crippen molar-refractivity contribution in [2.75, 3.05) is 10.2 Å². The van der Waals surface area contributed by atoms with Gasteiger partial charge in [-0.05, 0) is 66.8 Å². The standard InChI is InChI=1S/C22H17ClN2O2S/c1-13-8-9-16(11-14(13)2)24-20-19(18-7-4-10-28-18)21(26)25(22(20)27)17-6-3-5-15(23)12-17/h3-12,24H,1-2H3. The van der Waals surface area contributed by atoms with Crippen molar-refractivity contribution in [2.24, 2.45) is 0 Å². The van der Waals surface area contributed by atoms with Crippen LogP contribution in [-0.4, -0.2) is 11.8 Å². The molecule has 0 spiro atoms. The van der Waals surface area contributed by atoms with Crippen LogP contribution in [0.2, 0.25) is 5.02 Å². The van der Waals surface area contributed by atoms with Gasteiger partial charge < -0.3 is 5.32 Å². The maximum atomic E-state index is 13.2. The number of aryl methyl sites for hydroxylation is 2. The highest BCUT2D eigenvalue weighted by molar-refractivity contribution is 7.11. The van der Waals surface area contributed by atoms with Gasteiger partial charge in [-0.1, -0.05) is 29.8 Å². The molecule has 0 atom stereocenters. The average molecular weight is 409 g/mol. The number of hydrogen-bond donors (Lipinski definition) is 1. The Morgan fingerprint density at radius 1 is 0.929 bits per heavy atom. The molecule has 1 aliphatic heterocycles. The lowest BCUT2D eigenvalue weighted by molar-refractivity contribution is -0.120. The lowest BCUT2D eigenvalue weighted by Crippen LogP contribution is -2.32. The summed E-state index contributed by atoms with van der Waals surface area (Å²) in [6.07, 6.45) is 0. The first kappa shape index (κ1) is 18.5. The summed E-state index contributed by atoms with van der Waals surface area (Å²) < 4.78 is 0. The number of nitrogens with one attached hydrogen (secondary N) is 1. The molecule has 0 aliphatic carbocycles. The molecule has 1 N–H and O–H groups in total. The third-order valence-electron chi connectivity index (χ3n) is 4.69. The Hall–Kier alpha value is -2.89. The zero-order chi connectivity index (χ0) is 19.8. The summed E-state index contributed by atoms with van der Waals surface area (Å²) in [7, 11) is 0. The fourth-order valence-electron chi connectivity index (χ4n) is 3.11. The Balaban J connectivity index is 1.80. The summed E-state index contributed by atoms with van der Waals surface area (Å²) >= 11 is 7.50. The molecule has 3 aromatic rings. The minimum Gasteiger partial charge on any atom is -0.350 e. The molecule has 0 saturated carbocycles. The Bertz CT molecular complexity index is 1120. The largest absolute Gasteiger partial charge is 0.350 e. The van der Waals surface area contributed by atoms with Gasteiger partial charge in [-0.15, -0.1) is 11.3 Å². The molecule has 2 aromatic carbocycles. The van der Waals surface area contributed by atoms with Gasteiger partial charge in [-0.2, -0.15) is 0 Å². The normalized spacial score (nSPS) is 14.2. The van der Waals surface area contributed by atoms with Gasteiger partial charge >= 0.3 is 0 Å². The topological polar surface area (TPSA) is 49.4 Å². The van der Waals surface area contributed by atoms with E-state index in [1.165, 1.54) is 16.2 Å². The van der Waals surface area contributed by atoms with Gasteiger partial charge in [0, 0.05) is 15.6 Å². The minimum atomic E-state index is -0.395. The van der Waals surface area contributed by atoms with E-state index in [9.17, 15) is 9.59 Å². The van der Waals surface area contributed by atoms with Crippen molar-refractivity contribution < 1.29 is 9.59 Å². The van der Waals surface area contributed by atoms with E-state index in [4.69, 9.17) is 11.6 Å². The quantitative estimate of drug-likeness (QED) is 0.587. The summed E-state index contributed by atoms with van der Waals surface area (Å²) in [5, 5.41) is 5.53. The summed E-state index contributed by atoms with van der Waals surface area (Å²) in [5.74, 6) is -0.755. The number of carbonyl (C=O) groups is 2. The van der Waals surface area contributed by atoms with Crippen LogP contribution < -0.4 is 10.2 Å². The van der Waals surface area contributed by atoms with Crippen molar-refractivity contribution in [3.05, 3.63) is 86.7 Å². The number of rotatable bonds is 4. The first-order chi connectivity index (χ1) is 13.5. The highest BCUT2D eigenvalue weighted by atomic mass is 35.5. The van der Waals surface area contributed by atoms with Crippen molar-refractivity contribution in [2.45, 2.75) is 13.8 Å². The zero-order valence-corrected chi connectivity index (χ0v) is 16.9. The second-order valence-electron chi connectivity index (χ2n) is 6.58. The van der Waals surface area contributed by atoms with Crippen LogP contribution in [0.1, 0.15) is 16.0 Å². The summed E-state index contributed by atoms with van der Waals surface area (Å²) in [6, 6.07) is 16.3. The van der Waals surface area contributed by atoms with Crippen LogP contribution in [0.15, 0.2) is 65.7 Å².